The quantitative estimate of drug-likeness (QED) is 0.312. The summed E-state index contributed by atoms with van der Waals surface area (Å²) in [6.07, 6.45) is 3.51. The van der Waals surface area contributed by atoms with Gasteiger partial charge >= 0.3 is 21.7 Å². The predicted octanol–water partition coefficient (Wildman–Crippen LogP) is 0.950. The molecule has 0 bridgehead atoms. The lowest BCUT2D eigenvalue weighted by Gasteiger charge is -2.27. The van der Waals surface area contributed by atoms with Gasteiger partial charge in [0.1, 0.15) is 17.3 Å². The van der Waals surface area contributed by atoms with Crippen LogP contribution in [0.5, 0.6) is 23.0 Å². The van der Waals surface area contributed by atoms with Gasteiger partial charge in [-0.2, -0.15) is 0 Å². The van der Waals surface area contributed by atoms with E-state index in [2.05, 4.69) is 9.05 Å². The van der Waals surface area contributed by atoms with Crippen LogP contribution in [0.25, 0.3) is 0 Å². The molecule has 0 aliphatic carbocycles. The van der Waals surface area contributed by atoms with Crippen LogP contribution in [0, 0.1) is 0 Å². The third-order valence-corrected chi connectivity index (χ3v) is 6.38. The van der Waals surface area contributed by atoms with Crippen molar-refractivity contribution in [3.63, 3.8) is 0 Å². The van der Waals surface area contributed by atoms with Crippen molar-refractivity contribution in [1.82, 2.24) is 0 Å². The van der Waals surface area contributed by atoms with Gasteiger partial charge in [-0.25, -0.2) is 9.13 Å². The molecule has 0 aromatic heterocycles. The summed E-state index contributed by atoms with van der Waals surface area (Å²) in [5, 5.41) is 0. The van der Waals surface area contributed by atoms with Crippen LogP contribution in [-0.2, 0) is 13.9 Å². The monoisotopic (exact) mass is 526 g/mol. The number of carbonyl (C=O) groups excluding carboxylic acids is 1. The van der Waals surface area contributed by atoms with Gasteiger partial charge in [0.2, 0.25) is 12.6 Å². The fourth-order valence-corrected chi connectivity index (χ4v) is 5.08. The molecule has 1 fully saturated rings. The summed E-state index contributed by atoms with van der Waals surface area (Å²) in [7, 11) is -9.52. The Kier molecular flexibility index (Phi) is 5.41. The zero-order chi connectivity index (χ0) is 25.2. The second-order valence-corrected chi connectivity index (χ2v) is 10.5. The van der Waals surface area contributed by atoms with Gasteiger partial charge in [0.25, 0.3) is 0 Å². The van der Waals surface area contributed by atoms with Gasteiger partial charge < -0.3 is 18.5 Å². The molecule has 1 spiro atoms. The first-order valence-corrected chi connectivity index (χ1v) is 13.3. The molecule has 2 aromatic rings. The first-order chi connectivity index (χ1) is 16.3. The molecule has 0 radical (unpaired) electrons. The minimum atomic E-state index is -4.77. The van der Waals surface area contributed by atoms with Crippen molar-refractivity contribution in [2.45, 2.75) is 25.4 Å². The second kappa shape index (κ2) is 7.99. The molecule has 3 heterocycles. The molecule has 3 aliphatic rings. The van der Waals surface area contributed by atoms with Gasteiger partial charge in [0.05, 0.1) is 17.5 Å². The van der Waals surface area contributed by atoms with E-state index in [0.29, 0.717) is 29.2 Å². The van der Waals surface area contributed by atoms with E-state index in [9.17, 15) is 13.9 Å². The summed E-state index contributed by atoms with van der Waals surface area (Å²) in [6, 6.07) is 6.58. The Morgan fingerprint density at radius 3 is 1.97 bits per heavy atom. The van der Waals surface area contributed by atoms with Gasteiger partial charge in [-0.3, -0.25) is 24.4 Å². The fraction of sp³-hybridized carbons (Fsp3) is 0.250. The van der Waals surface area contributed by atoms with E-state index in [-0.39, 0.29) is 29.7 Å². The zero-order valence-electron chi connectivity index (χ0n) is 18.0. The lowest BCUT2D eigenvalue weighted by atomic mass is 10.1. The van der Waals surface area contributed by atoms with Crippen molar-refractivity contribution in [2.24, 2.45) is 0 Å². The number of fused-ring (bicyclic) bond motifs is 2. The van der Waals surface area contributed by atoms with Crippen LogP contribution in [0.3, 0.4) is 0 Å². The maximum Gasteiger partial charge on any atom is 0.704 e. The number of phosphoric ester groups is 2. The number of carbonyl (C=O) groups is 1. The Balaban J connectivity index is 1.58. The minimum absolute atomic E-state index is 0.0525. The van der Waals surface area contributed by atoms with E-state index in [1.165, 1.54) is 43.3 Å². The first-order valence-electron chi connectivity index (χ1n) is 10.2. The Hall–Kier alpha value is -3.05. The van der Waals surface area contributed by atoms with E-state index >= 15 is 0 Å². The Bertz CT molecular complexity index is 1410. The number of hydrogen-bond donors (Lipinski definition) is 4. The molecule has 0 amide bonds. The normalized spacial score (nSPS) is 22.3. The topological polar surface area (TPSA) is 175 Å². The highest BCUT2D eigenvalue weighted by molar-refractivity contribution is 7.47. The number of ether oxygens (including phenoxy) is 2. The molecule has 2 aromatic carbocycles. The summed E-state index contributed by atoms with van der Waals surface area (Å²) in [5.41, 5.74) is 0.932. The Morgan fingerprint density at radius 2 is 1.49 bits per heavy atom. The van der Waals surface area contributed by atoms with Gasteiger partial charge in [-0.1, -0.05) is 9.15 Å². The summed E-state index contributed by atoms with van der Waals surface area (Å²) >= 11 is 0. The number of Topliss-reactive ketones (excluding diaryl/α,β-unsaturated/α-hetero) is 1. The van der Waals surface area contributed by atoms with Crippen LogP contribution in [0.1, 0.15) is 24.5 Å². The summed E-state index contributed by atoms with van der Waals surface area (Å²) in [4.78, 5) is 48.4. The van der Waals surface area contributed by atoms with Crippen molar-refractivity contribution < 1.29 is 61.2 Å². The minimum Gasteiger partial charge on any atom is -0.404 e. The van der Waals surface area contributed by atoms with Crippen LogP contribution in [0.2, 0.25) is 0 Å². The largest absolute Gasteiger partial charge is 0.704 e. The van der Waals surface area contributed by atoms with Gasteiger partial charge in [-0.05, 0) is 43.3 Å². The highest BCUT2D eigenvalue weighted by atomic mass is 31.2. The van der Waals surface area contributed by atoms with Crippen molar-refractivity contribution in [3.05, 3.63) is 47.5 Å². The molecule has 184 valence electrons. The summed E-state index contributed by atoms with van der Waals surface area (Å²) < 4.78 is 47.7. The molecule has 1 saturated heterocycles. The van der Waals surface area contributed by atoms with Crippen LogP contribution in [-0.4, -0.2) is 65.6 Å². The number of rotatable bonds is 6. The van der Waals surface area contributed by atoms with E-state index in [4.69, 9.17) is 29.0 Å². The highest BCUT2D eigenvalue weighted by Crippen LogP contribution is 2.44. The van der Waals surface area contributed by atoms with Gasteiger partial charge in [0.15, 0.2) is 23.9 Å². The molecular formula is C20H20N2O11P2+2. The van der Waals surface area contributed by atoms with Crippen LogP contribution < -0.4 is 18.5 Å². The maximum atomic E-state index is 12.0. The van der Waals surface area contributed by atoms with Crippen molar-refractivity contribution in [1.29, 1.82) is 0 Å². The van der Waals surface area contributed by atoms with Crippen LogP contribution >= 0.6 is 15.6 Å². The lowest BCUT2D eigenvalue weighted by molar-refractivity contribution is -0.861. The van der Waals surface area contributed by atoms with Crippen molar-refractivity contribution >= 4 is 33.9 Å². The third-order valence-electron chi connectivity index (χ3n) is 5.48. The SMILES string of the molecule is CC(=O)CC1C[N+]2=Cc3cc(OP(=O)(O)O)ccc3OC23Oc2ccc(OP(=O)(O)O)cc2C=[N+]13. The van der Waals surface area contributed by atoms with Gasteiger partial charge in [0, 0.05) is 0 Å². The molecule has 15 heteroatoms. The standard InChI is InChI=1S/C20H18N2O11P2/c1-12(23)6-15-11-21-9-13-7-16(32-34(24,25)26)2-4-18(13)30-20(21)22(15)10-14-8-17(33-35(27,28)29)3-5-19(14)31-20/h2-5,7-10,15H,6,11H2,1H3,(H2-2,24,25,26,27,28,29)/p+2. The van der Waals surface area contributed by atoms with Crippen molar-refractivity contribution in [2.75, 3.05) is 6.54 Å². The predicted molar refractivity (Wildman–Crippen MR) is 117 cm³/mol. The maximum absolute atomic E-state index is 12.0. The second-order valence-electron chi connectivity index (χ2n) is 8.19. The molecule has 4 N–H and O–H groups in total. The van der Waals surface area contributed by atoms with E-state index in [0.717, 1.165) is 0 Å². The molecule has 3 aliphatic heterocycles. The number of nitrogens with zero attached hydrogens (tertiary/aromatic N) is 2. The first kappa shape index (κ1) is 23.7. The summed E-state index contributed by atoms with van der Waals surface area (Å²) in [5.74, 6) is 0.490. The van der Waals surface area contributed by atoms with E-state index < -0.39 is 21.7 Å². The molecule has 5 rings (SSSR count). The average Bonchev–Trinajstić information content (AvgIpc) is 2.99. The number of hydrogen-bond acceptors (Lipinski definition) is 7. The molecule has 2 unspecified atom stereocenters. The number of benzene rings is 2. The zero-order valence-corrected chi connectivity index (χ0v) is 19.8. The third kappa shape index (κ3) is 4.62. The van der Waals surface area contributed by atoms with Gasteiger partial charge in [-0.15, -0.1) is 0 Å². The fourth-order valence-electron chi connectivity index (χ4n) is 4.30. The number of phosphoric acid groups is 2. The van der Waals surface area contributed by atoms with E-state index in [1.54, 1.807) is 21.6 Å². The van der Waals surface area contributed by atoms with Crippen molar-refractivity contribution in [3.8, 4) is 23.0 Å². The number of ketones is 1. The molecule has 0 saturated carbocycles. The lowest BCUT2D eigenvalue weighted by Crippen LogP contribution is -2.59. The summed E-state index contributed by atoms with van der Waals surface area (Å²) in [6.45, 7) is 1.76. The Morgan fingerprint density at radius 1 is 0.971 bits per heavy atom. The molecule has 35 heavy (non-hydrogen) atoms. The molecule has 2 atom stereocenters. The average molecular weight is 526 g/mol. The Labute approximate surface area is 197 Å². The van der Waals surface area contributed by atoms with Crippen LogP contribution in [0.15, 0.2) is 36.4 Å². The van der Waals surface area contributed by atoms with E-state index in [1.807, 2.05) is 0 Å². The van der Waals surface area contributed by atoms with Crippen LogP contribution in [0.4, 0.5) is 0 Å². The highest BCUT2D eigenvalue weighted by Gasteiger charge is 2.72. The molecule has 13 nitrogen and oxygen atoms in total. The smallest absolute Gasteiger partial charge is 0.404 e. The molecular weight excluding hydrogens is 506 g/mol.